The van der Waals surface area contributed by atoms with Crippen LogP contribution in [0.15, 0.2) is 65.6 Å². The van der Waals surface area contributed by atoms with Crippen LogP contribution in [0.5, 0.6) is 0 Å². The molecule has 0 bridgehead atoms. The summed E-state index contributed by atoms with van der Waals surface area (Å²) in [6, 6.07) is 12.1. The minimum Gasteiger partial charge on any atom is -0.452 e. The quantitative estimate of drug-likeness (QED) is 0.463. The van der Waals surface area contributed by atoms with Crippen molar-refractivity contribution in [2.45, 2.75) is 18.9 Å². The summed E-state index contributed by atoms with van der Waals surface area (Å²) < 4.78 is 6.09. The average Bonchev–Trinajstić information content (AvgIpc) is 3.30. The molecule has 1 aromatic carbocycles. The number of hydrogen-bond acceptors (Lipinski definition) is 6. The first-order valence-electron chi connectivity index (χ1n) is 8.90. The number of fused-ring (bicyclic) bond motifs is 2. The SMILES string of the molecule is ONC1CCc2cc(Nc3c(-c4ccncc4)oc4cnccc34)ccc21. The van der Waals surface area contributed by atoms with Crippen molar-refractivity contribution in [3.8, 4) is 11.3 Å². The standard InChI is InChI=1S/C21H18N4O2/c26-25-18-4-1-14-11-15(2-3-16(14)18)24-20-17-7-10-23-12-19(17)27-21(20)13-5-8-22-9-6-13/h2-3,5-12,18,24-26H,1,4H2. The van der Waals surface area contributed by atoms with Gasteiger partial charge in [-0.05, 0) is 54.3 Å². The topological polar surface area (TPSA) is 83.2 Å². The molecule has 3 heterocycles. The van der Waals surface area contributed by atoms with E-state index in [1.807, 2.05) is 24.3 Å². The summed E-state index contributed by atoms with van der Waals surface area (Å²) in [5.74, 6) is 0.760. The second-order valence-electron chi connectivity index (χ2n) is 6.67. The number of nitrogens with zero attached hydrogens (tertiary/aromatic N) is 2. The largest absolute Gasteiger partial charge is 0.452 e. The lowest BCUT2D eigenvalue weighted by atomic mass is 10.1. The first kappa shape index (κ1) is 16.0. The first-order valence-corrected chi connectivity index (χ1v) is 8.90. The van der Waals surface area contributed by atoms with Crippen LogP contribution in [0.1, 0.15) is 23.6 Å². The van der Waals surface area contributed by atoms with Gasteiger partial charge in [-0.1, -0.05) is 6.07 Å². The number of aromatic nitrogens is 2. The van der Waals surface area contributed by atoms with E-state index in [4.69, 9.17) is 4.42 Å². The molecule has 5 rings (SSSR count). The molecule has 1 atom stereocenters. The Morgan fingerprint density at radius 1 is 1.04 bits per heavy atom. The van der Waals surface area contributed by atoms with Gasteiger partial charge in [0.2, 0.25) is 0 Å². The Morgan fingerprint density at radius 3 is 2.74 bits per heavy atom. The van der Waals surface area contributed by atoms with Gasteiger partial charge in [-0.2, -0.15) is 5.48 Å². The zero-order chi connectivity index (χ0) is 18.2. The summed E-state index contributed by atoms with van der Waals surface area (Å²) in [7, 11) is 0. The van der Waals surface area contributed by atoms with E-state index >= 15 is 0 Å². The highest BCUT2D eigenvalue weighted by molar-refractivity contribution is 6.00. The summed E-state index contributed by atoms with van der Waals surface area (Å²) in [5, 5.41) is 13.8. The number of rotatable bonds is 4. The molecule has 0 fully saturated rings. The van der Waals surface area contributed by atoms with Crippen molar-refractivity contribution >= 4 is 22.3 Å². The summed E-state index contributed by atoms with van der Waals surface area (Å²) in [6.45, 7) is 0. The predicted molar refractivity (Wildman–Crippen MR) is 103 cm³/mol. The van der Waals surface area contributed by atoms with E-state index in [-0.39, 0.29) is 6.04 Å². The number of hydroxylamine groups is 1. The van der Waals surface area contributed by atoms with Crippen molar-refractivity contribution < 1.29 is 9.62 Å². The minimum atomic E-state index is 0.0160. The molecule has 3 N–H and O–H groups in total. The number of nitrogens with one attached hydrogen (secondary N) is 2. The van der Waals surface area contributed by atoms with E-state index in [9.17, 15) is 5.21 Å². The van der Waals surface area contributed by atoms with Gasteiger partial charge in [-0.15, -0.1) is 0 Å². The Morgan fingerprint density at radius 2 is 1.89 bits per heavy atom. The van der Waals surface area contributed by atoms with Crippen molar-refractivity contribution in [1.29, 1.82) is 0 Å². The van der Waals surface area contributed by atoms with Crippen molar-refractivity contribution in [1.82, 2.24) is 15.4 Å². The van der Waals surface area contributed by atoms with Gasteiger partial charge in [0, 0.05) is 35.2 Å². The van der Waals surface area contributed by atoms with Gasteiger partial charge < -0.3 is 14.9 Å². The molecule has 0 spiro atoms. The third kappa shape index (κ3) is 2.75. The lowest BCUT2D eigenvalue weighted by molar-refractivity contribution is 0.126. The number of aryl methyl sites for hydroxylation is 1. The van der Waals surface area contributed by atoms with E-state index in [1.54, 1.807) is 24.8 Å². The molecule has 1 unspecified atom stereocenters. The lowest BCUT2D eigenvalue weighted by Gasteiger charge is -2.11. The number of hydrogen-bond donors (Lipinski definition) is 3. The number of pyridine rings is 2. The normalized spacial score (nSPS) is 15.8. The number of benzene rings is 1. The molecule has 0 saturated heterocycles. The monoisotopic (exact) mass is 358 g/mol. The Balaban J connectivity index is 1.59. The Bertz CT molecular complexity index is 1110. The second kappa shape index (κ2) is 6.50. The molecule has 134 valence electrons. The van der Waals surface area contributed by atoms with Gasteiger partial charge in [0.25, 0.3) is 0 Å². The molecule has 27 heavy (non-hydrogen) atoms. The maximum atomic E-state index is 9.28. The van der Waals surface area contributed by atoms with Gasteiger partial charge in [0.15, 0.2) is 11.3 Å². The van der Waals surface area contributed by atoms with Crippen LogP contribution in [0.2, 0.25) is 0 Å². The van der Waals surface area contributed by atoms with E-state index < -0.39 is 0 Å². The zero-order valence-corrected chi connectivity index (χ0v) is 14.5. The van der Waals surface area contributed by atoms with Crippen LogP contribution in [0, 0.1) is 0 Å². The molecule has 0 saturated carbocycles. The average molecular weight is 358 g/mol. The number of furan rings is 1. The molecule has 0 aliphatic heterocycles. The summed E-state index contributed by atoms with van der Waals surface area (Å²) in [6.07, 6.45) is 8.84. The van der Waals surface area contributed by atoms with Crippen molar-refractivity contribution in [2.24, 2.45) is 0 Å². The number of anilines is 2. The maximum Gasteiger partial charge on any atom is 0.159 e. The van der Waals surface area contributed by atoms with E-state index in [2.05, 4.69) is 32.9 Å². The van der Waals surface area contributed by atoms with Gasteiger partial charge >= 0.3 is 0 Å². The highest BCUT2D eigenvalue weighted by Gasteiger charge is 2.22. The van der Waals surface area contributed by atoms with Gasteiger partial charge in [0.05, 0.1) is 17.9 Å². The molecule has 0 radical (unpaired) electrons. The van der Waals surface area contributed by atoms with E-state index in [0.717, 1.165) is 52.1 Å². The molecule has 1 aliphatic carbocycles. The van der Waals surface area contributed by atoms with Crippen LogP contribution in [0.4, 0.5) is 11.4 Å². The minimum absolute atomic E-state index is 0.0160. The van der Waals surface area contributed by atoms with Crippen LogP contribution in [-0.2, 0) is 6.42 Å². The van der Waals surface area contributed by atoms with Gasteiger partial charge in [-0.3, -0.25) is 9.97 Å². The molecule has 1 aliphatic rings. The molecule has 0 amide bonds. The highest BCUT2D eigenvalue weighted by Crippen LogP contribution is 2.40. The van der Waals surface area contributed by atoms with Crippen molar-refractivity contribution in [3.05, 3.63) is 72.3 Å². The molecule has 3 aromatic heterocycles. The van der Waals surface area contributed by atoms with Crippen molar-refractivity contribution in [3.63, 3.8) is 0 Å². The van der Waals surface area contributed by atoms with Crippen LogP contribution < -0.4 is 10.8 Å². The fourth-order valence-electron chi connectivity index (χ4n) is 3.76. The predicted octanol–water partition coefficient (Wildman–Crippen LogP) is 4.60. The van der Waals surface area contributed by atoms with Crippen LogP contribution in [0.25, 0.3) is 22.3 Å². The Hall–Kier alpha value is -3.22. The molecule has 6 nitrogen and oxygen atoms in total. The molecular weight excluding hydrogens is 340 g/mol. The van der Waals surface area contributed by atoms with E-state index in [0.29, 0.717) is 0 Å². The summed E-state index contributed by atoms with van der Waals surface area (Å²) in [5.41, 5.74) is 8.37. The van der Waals surface area contributed by atoms with Gasteiger partial charge in [0.1, 0.15) is 0 Å². The molecule has 6 heteroatoms. The first-order chi connectivity index (χ1) is 13.3. The Labute approximate surface area is 155 Å². The van der Waals surface area contributed by atoms with Crippen molar-refractivity contribution in [2.75, 3.05) is 5.32 Å². The van der Waals surface area contributed by atoms with Gasteiger partial charge in [-0.25, -0.2) is 0 Å². The highest BCUT2D eigenvalue weighted by atomic mass is 16.5. The Kier molecular flexibility index (Phi) is 3.85. The smallest absolute Gasteiger partial charge is 0.159 e. The molecule has 4 aromatic rings. The third-order valence-corrected chi connectivity index (χ3v) is 5.08. The zero-order valence-electron chi connectivity index (χ0n) is 14.5. The van der Waals surface area contributed by atoms with Crippen LogP contribution >= 0.6 is 0 Å². The van der Waals surface area contributed by atoms with Crippen LogP contribution in [0.3, 0.4) is 0 Å². The van der Waals surface area contributed by atoms with E-state index in [1.165, 1.54) is 5.56 Å². The molecular formula is C21H18N4O2. The fraction of sp³-hybridized carbons (Fsp3) is 0.143. The lowest BCUT2D eigenvalue weighted by Crippen LogP contribution is -2.13. The summed E-state index contributed by atoms with van der Waals surface area (Å²) >= 11 is 0. The van der Waals surface area contributed by atoms with Crippen LogP contribution in [-0.4, -0.2) is 15.2 Å². The summed E-state index contributed by atoms with van der Waals surface area (Å²) in [4.78, 5) is 8.26. The third-order valence-electron chi connectivity index (χ3n) is 5.08. The fourth-order valence-corrected chi connectivity index (χ4v) is 3.76. The second-order valence-corrected chi connectivity index (χ2v) is 6.67. The maximum absolute atomic E-state index is 9.28.